The van der Waals surface area contributed by atoms with Crippen LogP contribution in [0.4, 0.5) is 0 Å². The van der Waals surface area contributed by atoms with E-state index in [2.05, 4.69) is 30.0 Å². The maximum Gasteiger partial charge on any atom is 0.255 e. The SMILES string of the molecule is Cc1nc2c(cnn2C(C)C)cc1C(=O)N1CCC(c2nc3ccccc3[nH]2)CC1. The zero-order chi connectivity index (χ0) is 20.8. The maximum absolute atomic E-state index is 13.2. The molecule has 0 atom stereocenters. The van der Waals surface area contributed by atoms with Crippen molar-refractivity contribution in [3.63, 3.8) is 0 Å². The van der Waals surface area contributed by atoms with Gasteiger partial charge in [-0.05, 0) is 51.8 Å². The Balaban J connectivity index is 1.33. The lowest BCUT2D eigenvalue weighted by molar-refractivity contribution is 0.0710. The number of fused-ring (bicyclic) bond motifs is 2. The number of aryl methyl sites for hydroxylation is 1. The Hall–Kier alpha value is -3.22. The van der Waals surface area contributed by atoms with Crippen LogP contribution < -0.4 is 0 Å². The molecule has 4 aromatic rings. The first kappa shape index (κ1) is 18.8. The molecule has 4 heterocycles. The van der Waals surface area contributed by atoms with Crippen LogP contribution in [0.2, 0.25) is 0 Å². The summed E-state index contributed by atoms with van der Waals surface area (Å²) >= 11 is 0. The summed E-state index contributed by atoms with van der Waals surface area (Å²) in [5.41, 5.74) is 4.34. The lowest BCUT2D eigenvalue weighted by atomic mass is 9.95. The molecule has 7 nitrogen and oxygen atoms in total. The van der Waals surface area contributed by atoms with Gasteiger partial charge < -0.3 is 9.88 Å². The van der Waals surface area contributed by atoms with Crippen molar-refractivity contribution in [2.45, 2.75) is 45.6 Å². The molecule has 0 radical (unpaired) electrons. The lowest BCUT2D eigenvalue weighted by Gasteiger charge is -2.31. The van der Waals surface area contributed by atoms with Gasteiger partial charge in [0.15, 0.2) is 5.65 Å². The standard InChI is InChI=1S/C23H26N6O/c1-14(2)29-22-17(13-24-29)12-18(15(3)25-22)23(30)28-10-8-16(9-11-28)21-26-19-6-4-5-7-20(19)27-21/h4-7,12-14,16H,8-11H2,1-3H3,(H,26,27). The summed E-state index contributed by atoms with van der Waals surface area (Å²) in [6, 6.07) is 10.3. The zero-order valence-electron chi connectivity index (χ0n) is 17.6. The van der Waals surface area contributed by atoms with Crippen LogP contribution in [0.1, 0.15) is 60.5 Å². The van der Waals surface area contributed by atoms with E-state index in [1.807, 2.05) is 40.8 Å². The second-order valence-corrected chi connectivity index (χ2v) is 8.42. The number of hydrogen-bond acceptors (Lipinski definition) is 4. The smallest absolute Gasteiger partial charge is 0.255 e. The number of nitrogens with zero attached hydrogens (tertiary/aromatic N) is 5. The molecule has 1 N–H and O–H groups in total. The van der Waals surface area contributed by atoms with Crippen LogP contribution >= 0.6 is 0 Å². The molecule has 1 aromatic carbocycles. The molecule has 5 rings (SSSR count). The van der Waals surface area contributed by atoms with E-state index in [9.17, 15) is 4.79 Å². The summed E-state index contributed by atoms with van der Waals surface area (Å²) in [6.07, 6.45) is 3.61. The van der Waals surface area contributed by atoms with Gasteiger partial charge in [0, 0.05) is 30.4 Å². The third-order valence-corrected chi connectivity index (χ3v) is 6.06. The molecule has 7 heteroatoms. The first-order valence-electron chi connectivity index (χ1n) is 10.6. The number of hydrogen-bond donors (Lipinski definition) is 1. The topological polar surface area (TPSA) is 79.7 Å². The van der Waals surface area contributed by atoms with Gasteiger partial charge in [0.1, 0.15) is 5.82 Å². The van der Waals surface area contributed by atoms with E-state index in [0.717, 1.165) is 59.5 Å². The first-order valence-corrected chi connectivity index (χ1v) is 10.6. The monoisotopic (exact) mass is 402 g/mol. The molecule has 1 aliphatic heterocycles. The van der Waals surface area contributed by atoms with Crippen LogP contribution in [0.3, 0.4) is 0 Å². The average molecular weight is 403 g/mol. The third kappa shape index (κ3) is 3.14. The predicted octanol–water partition coefficient (Wildman–Crippen LogP) is 4.22. The summed E-state index contributed by atoms with van der Waals surface area (Å²) in [5, 5.41) is 5.34. The average Bonchev–Trinajstić information content (AvgIpc) is 3.36. The largest absolute Gasteiger partial charge is 0.342 e. The maximum atomic E-state index is 13.2. The molecule has 1 saturated heterocycles. The Morgan fingerprint density at radius 3 is 2.67 bits per heavy atom. The van der Waals surface area contributed by atoms with Gasteiger partial charge >= 0.3 is 0 Å². The van der Waals surface area contributed by atoms with Crippen LogP contribution in [-0.2, 0) is 0 Å². The van der Waals surface area contributed by atoms with Crippen molar-refractivity contribution < 1.29 is 4.79 Å². The molecule has 30 heavy (non-hydrogen) atoms. The summed E-state index contributed by atoms with van der Waals surface area (Å²) in [7, 11) is 0. The summed E-state index contributed by atoms with van der Waals surface area (Å²) in [4.78, 5) is 28.1. The van der Waals surface area contributed by atoms with Crippen LogP contribution in [0.15, 0.2) is 36.5 Å². The van der Waals surface area contributed by atoms with E-state index in [4.69, 9.17) is 9.97 Å². The lowest BCUT2D eigenvalue weighted by Crippen LogP contribution is -2.38. The van der Waals surface area contributed by atoms with E-state index < -0.39 is 0 Å². The number of para-hydroxylation sites is 2. The van der Waals surface area contributed by atoms with Crippen molar-refractivity contribution in [1.82, 2.24) is 29.6 Å². The fraction of sp³-hybridized carbons (Fsp3) is 0.391. The Bertz CT molecular complexity index is 1200. The van der Waals surface area contributed by atoms with Crippen molar-refractivity contribution in [1.29, 1.82) is 0 Å². The van der Waals surface area contributed by atoms with Crippen molar-refractivity contribution in [2.75, 3.05) is 13.1 Å². The molecule has 1 fully saturated rings. The second kappa shape index (κ2) is 7.23. The molecule has 1 amide bonds. The highest BCUT2D eigenvalue weighted by molar-refractivity contribution is 5.98. The molecular formula is C23H26N6O. The predicted molar refractivity (Wildman–Crippen MR) is 117 cm³/mol. The Morgan fingerprint density at radius 1 is 1.17 bits per heavy atom. The fourth-order valence-corrected chi connectivity index (χ4v) is 4.35. The van der Waals surface area contributed by atoms with E-state index in [0.29, 0.717) is 11.5 Å². The van der Waals surface area contributed by atoms with E-state index in [1.54, 1.807) is 6.20 Å². The Kier molecular flexibility index (Phi) is 4.53. The summed E-state index contributed by atoms with van der Waals surface area (Å²) < 4.78 is 1.90. The number of pyridine rings is 1. The van der Waals surface area contributed by atoms with Crippen molar-refractivity contribution >= 4 is 28.0 Å². The van der Waals surface area contributed by atoms with Crippen LogP contribution in [0.25, 0.3) is 22.1 Å². The van der Waals surface area contributed by atoms with E-state index in [-0.39, 0.29) is 11.9 Å². The highest BCUT2D eigenvalue weighted by Gasteiger charge is 2.27. The Morgan fingerprint density at radius 2 is 1.93 bits per heavy atom. The van der Waals surface area contributed by atoms with Crippen molar-refractivity contribution in [3.8, 4) is 0 Å². The van der Waals surface area contributed by atoms with Crippen molar-refractivity contribution in [2.24, 2.45) is 0 Å². The second-order valence-electron chi connectivity index (χ2n) is 8.42. The number of H-pyrrole nitrogens is 1. The number of piperidine rings is 1. The Labute approximate surface area is 175 Å². The van der Waals surface area contributed by atoms with Gasteiger partial charge in [0.05, 0.1) is 28.5 Å². The van der Waals surface area contributed by atoms with Gasteiger partial charge in [-0.1, -0.05) is 12.1 Å². The minimum atomic E-state index is 0.0576. The molecule has 0 bridgehead atoms. The van der Waals surface area contributed by atoms with Crippen molar-refractivity contribution in [3.05, 3.63) is 53.6 Å². The number of nitrogens with one attached hydrogen (secondary N) is 1. The van der Waals surface area contributed by atoms with Gasteiger partial charge in [0.25, 0.3) is 5.91 Å². The van der Waals surface area contributed by atoms with Gasteiger partial charge in [-0.25, -0.2) is 14.6 Å². The van der Waals surface area contributed by atoms with Crippen LogP contribution in [-0.4, -0.2) is 48.6 Å². The number of rotatable bonds is 3. The molecule has 0 saturated carbocycles. The number of amides is 1. The normalized spacial score (nSPS) is 15.5. The highest BCUT2D eigenvalue weighted by Crippen LogP contribution is 2.29. The summed E-state index contributed by atoms with van der Waals surface area (Å²) in [5.74, 6) is 1.44. The number of imidazole rings is 1. The molecular weight excluding hydrogens is 376 g/mol. The van der Waals surface area contributed by atoms with Crippen LogP contribution in [0.5, 0.6) is 0 Å². The quantitative estimate of drug-likeness (QED) is 0.556. The molecule has 3 aromatic heterocycles. The number of likely N-dealkylation sites (tertiary alicyclic amines) is 1. The van der Waals surface area contributed by atoms with E-state index >= 15 is 0 Å². The molecule has 0 spiro atoms. The molecule has 154 valence electrons. The third-order valence-electron chi connectivity index (χ3n) is 6.06. The first-order chi connectivity index (χ1) is 14.5. The molecule has 0 aliphatic carbocycles. The highest BCUT2D eigenvalue weighted by atomic mass is 16.2. The fourth-order valence-electron chi connectivity index (χ4n) is 4.35. The van der Waals surface area contributed by atoms with Gasteiger partial charge in [-0.15, -0.1) is 0 Å². The minimum absolute atomic E-state index is 0.0576. The summed E-state index contributed by atoms with van der Waals surface area (Å²) in [6.45, 7) is 7.52. The molecule has 0 unspecified atom stereocenters. The number of carbonyl (C=O) groups is 1. The number of aromatic amines is 1. The molecule has 1 aliphatic rings. The number of aromatic nitrogens is 5. The van der Waals surface area contributed by atoms with Crippen LogP contribution in [0, 0.1) is 6.92 Å². The zero-order valence-corrected chi connectivity index (χ0v) is 17.6. The number of benzene rings is 1. The minimum Gasteiger partial charge on any atom is -0.342 e. The van der Waals surface area contributed by atoms with Gasteiger partial charge in [0.2, 0.25) is 0 Å². The van der Waals surface area contributed by atoms with Gasteiger partial charge in [-0.2, -0.15) is 5.10 Å². The van der Waals surface area contributed by atoms with E-state index in [1.165, 1.54) is 0 Å². The number of carbonyl (C=O) groups excluding carboxylic acids is 1. The van der Waals surface area contributed by atoms with Gasteiger partial charge in [-0.3, -0.25) is 4.79 Å².